The number of amides is 1. The molecular formula is C20H28N4O. The number of rotatable bonds is 8. The lowest BCUT2D eigenvalue weighted by Gasteiger charge is -2.23. The number of hydrogen-bond acceptors (Lipinski definition) is 3. The fraction of sp³-hybridized carbons (Fsp3) is 0.500. The molecule has 1 saturated carbocycles. The third kappa shape index (κ3) is 4.69. The third-order valence-electron chi connectivity index (χ3n) is 5.02. The van der Waals surface area contributed by atoms with Gasteiger partial charge in [0.15, 0.2) is 0 Å². The number of nitrogens with one attached hydrogen (secondary N) is 2. The number of benzene rings is 1. The SMILES string of the molecule is Cc1cnn([C@H](C)[C@@H](C)NCC(=O)N[C@H](c2ccccc2)C2CC2)c1. The number of carbonyl (C=O) groups is 1. The standard InChI is InChI=1S/C20H28N4O/c1-14-11-22-24(13-14)16(3)15(2)21-12-19(25)23-20(18-9-10-18)17-7-5-4-6-8-17/h4-8,11,13,15-16,18,20-21H,9-10,12H2,1-3H3,(H,23,25)/t15-,16-,20-/m1/s1. The second kappa shape index (κ2) is 7.83. The maximum Gasteiger partial charge on any atom is 0.234 e. The minimum Gasteiger partial charge on any atom is -0.348 e. The molecule has 0 unspecified atom stereocenters. The molecule has 0 aliphatic heterocycles. The molecular weight excluding hydrogens is 312 g/mol. The van der Waals surface area contributed by atoms with Crippen LogP contribution in [0.5, 0.6) is 0 Å². The normalized spacial score (nSPS) is 17.7. The zero-order valence-electron chi connectivity index (χ0n) is 15.3. The van der Waals surface area contributed by atoms with Gasteiger partial charge in [-0.2, -0.15) is 5.10 Å². The van der Waals surface area contributed by atoms with E-state index in [0.717, 1.165) is 5.56 Å². The number of aromatic nitrogens is 2. The van der Waals surface area contributed by atoms with E-state index in [1.54, 1.807) is 0 Å². The Bertz CT molecular complexity index is 693. The molecule has 1 aromatic heterocycles. The van der Waals surface area contributed by atoms with Crippen LogP contribution in [0, 0.1) is 12.8 Å². The molecule has 2 N–H and O–H groups in total. The molecule has 0 radical (unpaired) electrons. The van der Waals surface area contributed by atoms with Crippen molar-refractivity contribution in [3.05, 3.63) is 53.9 Å². The van der Waals surface area contributed by atoms with Crippen molar-refractivity contribution in [2.75, 3.05) is 6.54 Å². The van der Waals surface area contributed by atoms with Crippen molar-refractivity contribution in [2.45, 2.75) is 51.7 Å². The van der Waals surface area contributed by atoms with Crippen LogP contribution in [0.4, 0.5) is 0 Å². The van der Waals surface area contributed by atoms with Crippen LogP contribution in [0.25, 0.3) is 0 Å². The molecule has 134 valence electrons. The summed E-state index contributed by atoms with van der Waals surface area (Å²) in [6.07, 6.45) is 6.27. The van der Waals surface area contributed by atoms with E-state index in [1.165, 1.54) is 18.4 Å². The van der Waals surface area contributed by atoms with E-state index in [1.807, 2.05) is 42.2 Å². The largest absolute Gasteiger partial charge is 0.348 e. The van der Waals surface area contributed by atoms with Gasteiger partial charge in [0, 0.05) is 12.2 Å². The highest BCUT2D eigenvalue weighted by atomic mass is 16.2. The van der Waals surface area contributed by atoms with Crippen molar-refractivity contribution < 1.29 is 4.79 Å². The number of aryl methyl sites for hydroxylation is 1. The molecule has 2 aromatic rings. The molecule has 0 spiro atoms. The van der Waals surface area contributed by atoms with Crippen LogP contribution in [-0.2, 0) is 4.79 Å². The maximum atomic E-state index is 12.4. The van der Waals surface area contributed by atoms with Crippen LogP contribution in [0.2, 0.25) is 0 Å². The highest BCUT2D eigenvalue weighted by Gasteiger charge is 2.33. The summed E-state index contributed by atoms with van der Waals surface area (Å²) in [6, 6.07) is 10.8. The van der Waals surface area contributed by atoms with Crippen molar-refractivity contribution in [1.29, 1.82) is 0 Å². The van der Waals surface area contributed by atoms with E-state index >= 15 is 0 Å². The van der Waals surface area contributed by atoms with Crippen LogP contribution in [0.3, 0.4) is 0 Å². The quantitative estimate of drug-likeness (QED) is 0.777. The molecule has 1 aliphatic carbocycles. The van der Waals surface area contributed by atoms with Gasteiger partial charge in [-0.25, -0.2) is 0 Å². The summed E-state index contributed by atoms with van der Waals surface area (Å²) in [4.78, 5) is 12.4. The van der Waals surface area contributed by atoms with Gasteiger partial charge in [-0.15, -0.1) is 0 Å². The summed E-state index contributed by atoms with van der Waals surface area (Å²) < 4.78 is 1.95. The first-order valence-electron chi connectivity index (χ1n) is 9.13. The first-order valence-corrected chi connectivity index (χ1v) is 9.13. The third-order valence-corrected chi connectivity index (χ3v) is 5.02. The first kappa shape index (κ1) is 17.7. The van der Waals surface area contributed by atoms with E-state index in [-0.39, 0.29) is 24.0 Å². The van der Waals surface area contributed by atoms with Crippen molar-refractivity contribution in [3.8, 4) is 0 Å². The zero-order chi connectivity index (χ0) is 17.8. The molecule has 1 fully saturated rings. The van der Waals surface area contributed by atoms with E-state index in [0.29, 0.717) is 12.5 Å². The number of hydrogen-bond donors (Lipinski definition) is 2. The lowest BCUT2D eigenvalue weighted by Crippen LogP contribution is -2.42. The highest BCUT2D eigenvalue weighted by molar-refractivity contribution is 5.78. The Morgan fingerprint density at radius 1 is 1.28 bits per heavy atom. The summed E-state index contributed by atoms with van der Waals surface area (Å²) in [5.41, 5.74) is 2.35. The Labute approximate surface area is 149 Å². The Morgan fingerprint density at radius 2 is 2.00 bits per heavy atom. The van der Waals surface area contributed by atoms with Gasteiger partial charge in [-0.1, -0.05) is 30.3 Å². The highest BCUT2D eigenvalue weighted by Crippen LogP contribution is 2.40. The Kier molecular flexibility index (Phi) is 5.53. The van der Waals surface area contributed by atoms with Gasteiger partial charge < -0.3 is 10.6 Å². The predicted molar refractivity (Wildman–Crippen MR) is 99.2 cm³/mol. The van der Waals surface area contributed by atoms with Crippen molar-refractivity contribution in [1.82, 2.24) is 20.4 Å². The lowest BCUT2D eigenvalue weighted by molar-refractivity contribution is -0.121. The molecule has 0 bridgehead atoms. The van der Waals surface area contributed by atoms with Gasteiger partial charge in [-0.3, -0.25) is 9.48 Å². The minimum absolute atomic E-state index is 0.0523. The van der Waals surface area contributed by atoms with Crippen molar-refractivity contribution in [3.63, 3.8) is 0 Å². The van der Waals surface area contributed by atoms with Crippen LogP contribution in [-0.4, -0.2) is 28.3 Å². The van der Waals surface area contributed by atoms with E-state index in [4.69, 9.17) is 0 Å². The molecule has 5 nitrogen and oxygen atoms in total. The monoisotopic (exact) mass is 340 g/mol. The zero-order valence-corrected chi connectivity index (χ0v) is 15.3. The summed E-state index contributed by atoms with van der Waals surface area (Å²) in [5, 5.41) is 10.9. The average Bonchev–Trinajstić information content (AvgIpc) is 3.38. The lowest BCUT2D eigenvalue weighted by atomic mass is 10.0. The Morgan fingerprint density at radius 3 is 2.60 bits per heavy atom. The molecule has 1 heterocycles. The van der Waals surface area contributed by atoms with Gasteiger partial charge >= 0.3 is 0 Å². The smallest absolute Gasteiger partial charge is 0.234 e. The van der Waals surface area contributed by atoms with E-state index in [2.05, 4.69) is 41.7 Å². The molecule has 1 aliphatic rings. The van der Waals surface area contributed by atoms with Gasteiger partial charge in [0.25, 0.3) is 0 Å². The number of carbonyl (C=O) groups excluding carboxylic acids is 1. The first-order chi connectivity index (χ1) is 12.0. The summed E-state index contributed by atoms with van der Waals surface area (Å²) in [5.74, 6) is 0.631. The second-order valence-electron chi connectivity index (χ2n) is 7.20. The molecule has 25 heavy (non-hydrogen) atoms. The topological polar surface area (TPSA) is 59.0 Å². The predicted octanol–water partition coefficient (Wildman–Crippen LogP) is 3.00. The average molecular weight is 340 g/mol. The van der Waals surface area contributed by atoms with Gasteiger partial charge in [0.1, 0.15) is 0 Å². The van der Waals surface area contributed by atoms with Gasteiger partial charge in [-0.05, 0) is 50.7 Å². The van der Waals surface area contributed by atoms with E-state index < -0.39 is 0 Å². The minimum atomic E-state index is 0.0523. The van der Waals surface area contributed by atoms with E-state index in [9.17, 15) is 4.79 Å². The fourth-order valence-electron chi connectivity index (χ4n) is 3.10. The van der Waals surface area contributed by atoms with Crippen molar-refractivity contribution >= 4 is 5.91 Å². The van der Waals surface area contributed by atoms with Crippen LogP contribution < -0.4 is 10.6 Å². The number of nitrogens with zero attached hydrogens (tertiary/aromatic N) is 2. The molecule has 3 rings (SSSR count). The summed E-state index contributed by atoms with van der Waals surface area (Å²) >= 11 is 0. The van der Waals surface area contributed by atoms with Crippen LogP contribution in [0.15, 0.2) is 42.7 Å². The van der Waals surface area contributed by atoms with Crippen molar-refractivity contribution in [2.24, 2.45) is 5.92 Å². The molecule has 1 amide bonds. The van der Waals surface area contributed by atoms with Gasteiger partial charge in [0.2, 0.25) is 5.91 Å². The molecule has 0 saturated heterocycles. The van der Waals surface area contributed by atoms with Gasteiger partial charge in [0.05, 0.1) is 24.8 Å². The second-order valence-corrected chi connectivity index (χ2v) is 7.20. The fourth-order valence-corrected chi connectivity index (χ4v) is 3.10. The maximum absolute atomic E-state index is 12.4. The Hall–Kier alpha value is -2.14. The summed E-state index contributed by atoms with van der Waals surface area (Å²) in [7, 11) is 0. The van der Waals surface area contributed by atoms with Crippen LogP contribution >= 0.6 is 0 Å². The Balaban J connectivity index is 1.51. The molecule has 1 aromatic carbocycles. The molecule has 5 heteroatoms. The molecule has 3 atom stereocenters. The van der Waals surface area contributed by atoms with Crippen LogP contribution in [0.1, 0.15) is 49.9 Å². The summed E-state index contributed by atoms with van der Waals surface area (Å²) in [6.45, 7) is 6.55.